The zero-order chi connectivity index (χ0) is 37.0. The van der Waals surface area contributed by atoms with Crippen LogP contribution in [-0.2, 0) is 32.0 Å². The van der Waals surface area contributed by atoms with Crippen molar-refractivity contribution < 1.29 is 37.5 Å². The van der Waals surface area contributed by atoms with Crippen molar-refractivity contribution in [2.24, 2.45) is 5.92 Å². The Morgan fingerprint density at radius 3 is 2.63 bits per heavy atom. The van der Waals surface area contributed by atoms with Gasteiger partial charge in [0.2, 0.25) is 5.91 Å². The second kappa shape index (κ2) is 18.8. The molecule has 1 fully saturated rings. The first kappa shape index (κ1) is 38.6. The molecular weight excluding hydrogens is 667 g/mol. The van der Waals surface area contributed by atoms with Gasteiger partial charge in [0, 0.05) is 32.5 Å². The molecule has 1 unspecified atom stereocenters. The number of hydrogen-bond donors (Lipinski definition) is 1. The normalized spacial score (nSPS) is 26.3. The van der Waals surface area contributed by atoms with E-state index in [1.54, 1.807) is 36.4 Å². The summed E-state index contributed by atoms with van der Waals surface area (Å²) < 4.78 is 32.7. The number of cyclic esters (lactones) is 1. The molecule has 4 bridgehead atoms. The van der Waals surface area contributed by atoms with Crippen LogP contribution in [-0.4, -0.2) is 89.6 Å². The first-order valence-electron chi connectivity index (χ1n) is 18.5. The number of amides is 2. The highest BCUT2D eigenvalue weighted by Crippen LogP contribution is 2.23. The van der Waals surface area contributed by atoms with Crippen LogP contribution < -0.4 is 5.32 Å². The van der Waals surface area contributed by atoms with Crippen LogP contribution in [0.5, 0.6) is 0 Å². The van der Waals surface area contributed by atoms with Gasteiger partial charge in [0.05, 0.1) is 24.1 Å². The Morgan fingerprint density at radius 2 is 1.88 bits per heavy atom. The topological polar surface area (TPSA) is 131 Å². The van der Waals surface area contributed by atoms with Gasteiger partial charge in [-0.3, -0.25) is 14.5 Å². The van der Waals surface area contributed by atoms with Gasteiger partial charge in [0.15, 0.2) is 11.6 Å². The van der Waals surface area contributed by atoms with Crippen LogP contribution >= 0.6 is 0 Å². The number of nitrogens with zero attached hydrogens (tertiary/aromatic N) is 3. The van der Waals surface area contributed by atoms with Crippen LogP contribution in [0.3, 0.4) is 0 Å². The summed E-state index contributed by atoms with van der Waals surface area (Å²) >= 11 is 0. The van der Waals surface area contributed by atoms with Gasteiger partial charge in [-0.05, 0) is 75.4 Å². The van der Waals surface area contributed by atoms with Crippen molar-refractivity contribution in [1.82, 2.24) is 20.1 Å². The van der Waals surface area contributed by atoms with E-state index in [2.05, 4.69) is 15.2 Å². The van der Waals surface area contributed by atoms with Gasteiger partial charge in [-0.1, -0.05) is 56.2 Å². The molecule has 3 aliphatic rings. The summed E-state index contributed by atoms with van der Waals surface area (Å²) in [5.74, 6) is -1.68. The SMILES string of the molecule is CC[C@H]1OC(=O)C2=CCN(C2)C(=O)c2coc(n2)CC(F)C[C@H](OC(=O)c2ccc(CN3CCCCC3)cc2)/C=C(C)/C=C/CNC(=O)CC[C@H]1C. The monoisotopic (exact) mass is 718 g/mol. The molecule has 0 aliphatic carbocycles. The maximum absolute atomic E-state index is 15.6. The summed E-state index contributed by atoms with van der Waals surface area (Å²) in [6, 6.07) is 7.34. The molecule has 3 aliphatic heterocycles. The maximum atomic E-state index is 15.6. The highest BCUT2D eigenvalue weighted by molar-refractivity contribution is 5.96. The fourth-order valence-corrected chi connectivity index (χ4v) is 6.74. The molecule has 4 heterocycles. The van der Waals surface area contributed by atoms with E-state index in [-0.39, 0.29) is 68.4 Å². The molecule has 2 amide bonds. The molecule has 11 nitrogen and oxygen atoms in total. The van der Waals surface area contributed by atoms with Crippen LogP contribution in [0.1, 0.15) is 98.0 Å². The van der Waals surface area contributed by atoms with E-state index in [9.17, 15) is 19.2 Å². The molecule has 52 heavy (non-hydrogen) atoms. The van der Waals surface area contributed by atoms with Crippen LogP contribution in [0.15, 0.2) is 70.4 Å². The molecule has 0 spiro atoms. The third-order valence-electron chi connectivity index (χ3n) is 9.80. The molecule has 12 heteroatoms. The Balaban J connectivity index is 1.29. The summed E-state index contributed by atoms with van der Waals surface area (Å²) in [6.45, 7) is 9.17. The number of allylic oxidation sites excluding steroid dienone is 2. The molecule has 1 saturated heterocycles. The predicted molar refractivity (Wildman–Crippen MR) is 193 cm³/mol. The number of esters is 2. The lowest BCUT2D eigenvalue weighted by atomic mass is 9.96. The summed E-state index contributed by atoms with van der Waals surface area (Å²) in [4.78, 5) is 60.2. The summed E-state index contributed by atoms with van der Waals surface area (Å²) in [5.41, 5.74) is 2.57. The standard InChI is InChI=1S/C40H51FN4O7/c1-4-35-28(3)10-15-36(46)42-17-8-9-27(2)21-33(51-39(48)30-13-11-29(12-14-30)24-44-18-6-5-7-19-44)22-32(41)23-37-43-34(26-50-37)38(47)45-20-16-31(25-45)40(49)52-35/h8-9,11-14,16,21,26,28,32-33,35H,4-7,10,15,17-20,22-25H2,1-3H3,(H,42,46)/b9-8+,27-21+/t28-,32?,33-,35-/m1/s1. The van der Waals surface area contributed by atoms with Gasteiger partial charge < -0.3 is 24.1 Å². The number of carbonyl (C=O) groups excluding carboxylic acids is 4. The van der Waals surface area contributed by atoms with Crippen molar-refractivity contribution in [3.63, 3.8) is 0 Å². The van der Waals surface area contributed by atoms with Crippen molar-refractivity contribution in [3.8, 4) is 0 Å². The zero-order valence-corrected chi connectivity index (χ0v) is 30.5. The Morgan fingerprint density at radius 1 is 1.12 bits per heavy atom. The Labute approximate surface area is 305 Å². The van der Waals surface area contributed by atoms with Crippen LogP contribution in [0.2, 0.25) is 0 Å². The lowest BCUT2D eigenvalue weighted by Crippen LogP contribution is -2.32. The molecule has 1 aromatic heterocycles. The predicted octanol–water partition coefficient (Wildman–Crippen LogP) is 5.91. The van der Waals surface area contributed by atoms with Crippen molar-refractivity contribution in [3.05, 3.63) is 88.7 Å². The van der Waals surface area contributed by atoms with E-state index in [1.165, 1.54) is 30.4 Å². The lowest BCUT2D eigenvalue weighted by Gasteiger charge is -2.26. The van der Waals surface area contributed by atoms with E-state index in [0.29, 0.717) is 24.0 Å². The molecule has 0 saturated carbocycles. The number of halogens is 1. The fourth-order valence-electron chi connectivity index (χ4n) is 6.74. The Kier molecular flexibility index (Phi) is 14.0. The van der Waals surface area contributed by atoms with Crippen molar-refractivity contribution in [2.45, 2.75) is 97.1 Å². The van der Waals surface area contributed by atoms with Gasteiger partial charge in [0.25, 0.3) is 5.91 Å². The second-order valence-electron chi connectivity index (χ2n) is 14.0. The third-order valence-corrected chi connectivity index (χ3v) is 9.80. The molecule has 1 N–H and O–H groups in total. The first-order chi connectivity index (χ1) is 25.1. The molecule has 280 valence electrons. The van der Waals surface area contributed by atoms with E-state index < -0.39 is 30.1 Å². The lowest BCUT2D eigenvalue weighted by molar-refractivity contribution is -0.147. The summed E-state index contributed by atoms with van der Waals surface area (Å²) in [6.07, 6.45) is 9.86. The number of oxazole rings is 1. The number of hydrogen-bond acceptors (Lipinski definition) is 9. The number of nitrogens with one attached hydrogen (secondary N) is 1. The number of benzene rings is 1. The first-order valence-corrected chi connectivity index (χ1v) is 18.5. The van der Waals surface area contributed by atoms with Gasteiger partial charge in [-0.15, -0.1) is 0 Å². The smallest absolute Gasteiger partial charge is 0.338 e. The Bertz CT molecular complexity index is 1640. The van der Waals surface area contributed by atoms with E-state index >= 15 is 4.39 Å². The maximum Gasteiger partial charge on any atom is 0.338 e. The second-order valence-corrected chi connectivity index (χ2v) is 14.0. The van der Waals surface area contributed by atoms with Crippen LogP contribution in [0, 0.1) is 5.92 Å². The third kappa shape index (κ3) is 11.2. The average molecular weight is 719 g/mol. The van der Waals surface area contributed by atoms with Gasteiger partial charge in [-0.2, -0.15) is 0 Å². The molecule has 1 aromatic carbocycles. The quantitative estimate of drug-likeness (QED) is 0.375. The minimum atomic E-state index is -1.52. The zero-order valence-electron chi connectivity index (χ0n) is 30.5. The largest absolute Gasteiger partial charge is 0.459 e. The highest BCUT2D eigenvalue weighted by atomic mass is 19.1. The summed E-state index contributed by atoms with van der Waals surface area (Å²) in [7, 11) is 0. The van der Waals surface area contributed by atoms with Crippen LogP contribution in [0.4, 0.5) is 4.39 Å². The average Bonchev–Trinajstić information content (AvgIpc) is 3.82. The minimum absolute atomic E-state index is 0.00518. The number of rotatable bonds is 5. The van der Waals surface area contributed by atoms with E-state index in [4.69, 9.17) is 13.9 Å². The number of alkyl halides is 1. The number of ether oxygens (including phenoxy) is 2. The summed E-state index contributed by atoms with van der Waals surface area (Å²) in [5, 5.41) is 2.87. The number of carbonyl (C=O) groups is 4. The number of likely N-dealkylation sites (tertiary alicyclic amines) is 1. The minimum Gasteiger partial charge on any atom is -0.459 e. The van der Waals surface area contributed by atoms with E-state index in [1.807, 2.05) is 32.9 Å². The number of aromatic nitrogens is 1. The van der Waals surface area contributed by atoms with E-state index in [0.717, 1.165) is 30.8 Å². The van der Waals surface area contributed by atoms with Crippen molar-refractivity contribution >= 4 is 23.8 Å². The van der Waals surface area contributed by atoms with Gasteiger partial charge >= 0.3 is 11.9 Å². The van der Waals surface area contributed by atoms with Crippen LogP contribution in [0.25, 0.3) is 0 Å². The number of fused-ring (bicyclic) bond motifs is 4. The molecule has 4 atom stereocenters. The highest BCUT2D eigenvalue weighted by Gasteiger charge is 2.30. The van der Waals surface area contributed by atoms with Crippen molar-refractivity contribution in [2.75, 3.05) is 32.7 Å². The van der Waals surface area contributed by atoms with Crippen molar-refractivity contribution in [1.29, 1.82) is 0 Å². The fraction of sp³-hybridized carbons (Fsp3) is 0.525. The molecule has 5 rings (SSSR count). The van der Waals surface area contributed by atoms with Gasteiger partial charge in [0.1, 0.15) is 24.6 Å². The van der Waals surface area contributed by atoms with Gasteiger partial charge in [-0.25, -0.2) is 19.0 Å². The number of piperidine rings is 1. The Hall–Kier alpha value is -4.58. The molecule has 2 aromatic rings. The molecule has 0 radical (unpaired) electrons. The molecular formula is C40H51FN4O7.